The SMILES string of the molecule is Cc1cc(C)c(C(=O)NCC(O)Cc2ccccc2)o1. The van der Waals surface area contributed by atoms with Gasteiger partial charge in [-0.25, -0.2) is 0 Å². The van der Waals surface area contributed by atoms with E-state index in [1.54, 1.807) is 6.92 Å². The normalized spacial score (nSPS) is 12.2. The molecule has 0 bridgehead atoms. The smallest absolute Gasteiger partial charge is 0.287 e. The van der Waals surface area contributed by atoms with Gasteiger partial charge in [0.2, 0.25) is 0 Å². The lowest BCUT2D eigenvalue weighted by Gasteiger charge is -2.11. The Bertz CT molecular complexity index is 575. The van der Waals surface area contributed by atoms with Crippen molar-refractivity contribution < 1.29 is 14.3 Å². The summed E-state index contributed by atoms with van der Waals surface area (Å²) >= 11 is 0. The van der Waals surface area contributed by atoms with E-state index < -0.39 is 6.10 Å². The molecule has 106 valence electrons. The van der Waals surface area contributed by atoms with E-state index in [-0.39, 0.29) is 12.5 Å². The van der Waals surface area contributed by atoms with Gasteiger partial charge in [0.05, 0.1) is 6.10 Å². The highest BCUT2D eigenvalue weighted by Gasteiger charge is 2.15. The second-order valence-electron chi connectivity index (χ2n) is 4.92. The number of aryl methyl sites for hydroxylation is 2. The van der Waals surface area contributed by atoms with Crippen molar-refractivity contribution in [1.82, 2.24) is 5.32 Å². The molecule has 2 N–H and O–H groups in total. The molecule has 1 unspecified atom stereocenters. The zero-order valence-electron chi connectivity index (χ0n) is 11.7. The largest absolute Gasteiger partial charge is 0.456 e. The zero-order chi connectivity index (χ0) is 14.5. The molecular weight excluding hydrogens is 254 g/mol. The number of carbonyl (C=O) groups excluding carboxylic acids is 1. The predicted molar refractivity (Wildman–Crippen MR) is 76.7 cm³/mol. The van der Waals surface area contributed by atoms with Gasteiger partial charge >= 0.3 is 0 Å². The number of benzene rings is 1. The number of carbonyl (C=O) groups is 1. The van der Waals surface area contributed by atoms with Crippen LogP contribution in [0.2, 0.25) is 0 Å². The lowest BCUT2D eigenvalue weighted by molar-refractivity contribution is 0.0886. The van der Waals surface area contributed by atoms with Gasteiger partial charge in [0.1, 0.15) is 5.76 Å². The number of furan rings is 1. The lowest BCUT2D eigenvalue weighted by atomic mass is 10.1. The molecule has 1 atom stereocenters. The molecule has 0 aliphatic rings. The van der Waals surface area contributed by atoms with Crippen molar-refractivity contribution in [2.75, 3.05) is 6.54 Å². The maximum absolute atomic E-state index is 11.9. The van der Waals surface area contributed by atoms with Gasteiger partial charge in [-0.15, -0.1) is 0 Å². The van der Waals surface area contributed by atoms with Crippen LogP contribution < -0.4 is 5.32 Å². The molecule has 4 heteroatoms. The molecule has 1 amide bonds. The summed E-state index contributed by atoms with van der Waals surface area (Å²) in [6, 6.07) is 11.5. The van der Waals surface area contributed by atoms with Crippen molar-refractivity contribution in [2.45, 2.75) is 26.4 Å². The molecular formula is C16H19NO3. The molecule has 0 spiro atoms. The Morgan fingerprint density at radius 2 is 2.00 bits per heavy atom. The summed E-state index contributed by atoms with van der Waals surface area (Å²) in [5, 5.41) is 12.6. The molecule has 2 aromatic rings. The van der Waals surface area contributed by atoms with Crippen LogP contribution in [0, 0.1) is 13.8 Å². The molecule has 2 rings (SSSR count). The van der Waals surface area contributed by atoms with Gasteiger partial charge in [0.15, 0.2) is 5.76 Å². The Labute approximate surface area is 118 Å². The van der Waals surface area contributed by atoms with E-state index in [1.165, 1.54) is 0 Å². The maximum Gasteiger partial charge on any atom is 0.287 e. The summed E-state index contributed by atoms with van der Waals surface area (Å²) in [6.07, 6.45) is -0.102. The van der Waals surface area contributed by atoms with Crippen molar-refractivity contribution in [3.63, 3.8) is 0 Å². The Morgan fingerprint density at radius 1 is 1.30 bits per heavy atom. The van der Waals surface area contributed by atoms with Crippen LogP contribution >= 0.6 is 0 Å². The Morgan fingerprint density at radius 3 is 2.60 bits per heavy atom. The van der Waals surface area contributed by atoms with Crippen LogP contribution in [0.15, 0.2) is 40.8 Å². The minimum atomic E-state index is -0.613. The van der Waals surface area contributed by atoms with E-state index >= 15 is 0 Å². The van der Waals surface area contributed by atoms with Crippen LogP contribution in [-0.2, 0) is 6.42 Å². The Hall–Kier alpha value is -2.07. The van der Waals surface area contributed by atoms with Crippen LogP contribution in [-0.4, -0.2) is 23.7 Å². The molecule has 0 fully saturated rings. The molecule has 0 saturated heterocycles. The molecule has 1 heterocycles. The highest BCUT2D eigenvalue weighted by molar-refractivity contribution is 5.92. The number of nitrogens with one attached hydrogen (secondary N) is 1. The van der Waals surface area contributed by atoms with Crippen molar-refractivity contribution in [2.24, 2.45) is 0 Å². The summed E-state index contributed by atoms with van der Waals surface area (Å²) in [6.45, 7) is 3.83. The van der Waals surface area contributed by atoms with Gasteiger partial charge in [0.25, 0.3) is 5.91 Å². The van der Waals surface area contributed by atoms with E-state index in [0.29, 0.717) is 17.9 Å². The first-order valence-corrected chi connectivity index (χ1v) is 6.63. The van der Waals surface area contributed by atoms with Crippen LogP contribution in [0.5, 0.6) is 0 Å². The van der Waals surface area contributed by atoms with E-state index in [4.69, 9.17) is 4.42 Å². The third-order valence-corrected chi connectivity index (χ3v) is 3.06. The maximum atomic E-state index is 11.9. The summed E-state index contributed by atoms with van der Waals surface area (Å²) in [5.41, 5.74) is 1.84. The Balaban J connectivity index is 1.86. The third-order valence-electron chi connectivity index (χ3n) is 3.06. The lowest BCUT2D eigenvalue weighted by Crippen LogP contribution is -2.33. The van der Waals surface area contributed by atoms with Crippen LogP contribution in [0.1, 0.15) is 27.4 Å². The monoisotopic (exact) mass is 273 g/mol. The van der Waals surface area contributed by atoms with Gasteiger partial charge in [-0.05, 0) is 25.5 Å². The first kappa shape index (κ1) is 14.3. The van der Waals surface area contributed by atoms with Crippen molar-refractivity contribution >= 4 is 5.91 Å². The van der Waals surface area contributed by atoms with Crippen LogP contribution in [0.25, 0.3) is 0 Å². The van der Waals surface area contributed by atoms with Crippen molar-refractivity contribution in [3.8, 4) is 0 Å². The number of rotatable bonds is 5. The first-order valence-electron chi connectivity index (χ1n) is 6.63. The highest BCUT2D eigenvalue weighted by Crippen LogP contribution is 2.13. The fraction of sp³-hybridized carbons (Fsp3) is 0.312. The molecule has 0 radical (unpaired) electrons. The van der Waals surface area contributed by atoms with E-state index in [9.17, 15) is 9.90 Å². The Kier molecular flexibility index (Phi) is 4.58. The molecule has 0 aliphatic carbocycles. The number of hydrogen-bond acceptors (Lipinski definition) is 3. The minimum Gasteiger partial charge on any atom is -0.456 e. The second-order valence-corrected chi connectivity index (χ2v) is 4.92. The molecule has 1 aromatic heterocycles. The standard InChI is InChI=1S/C16H19NO3/c1-11-8-12(2)20-15(11)16(19)17-10-14(18)9-13-6-4-3-5-7-13/h3-8,14,18H,9-10H2,1-2H3,(H,17,19). The van der Waals surface area contributed by atoms with Gasteiger partial charge in [0, 0.05) is 18.5 Å². The fourth-order valence-corrected chi connectivity index (χ4v) is 2.12. The molecule has 1 aromatic carbocycles. The average molecular weight is 273 g/mol. The predicted octanol–water partition coefficient (Wildman–Crippen LogP) is 2.23. The van der Waals surface area contributed by atoms with Gasteiger partial charge in [-0.1, -0.05) is 30.3 Å². The van der Waals surface area contributed by atoms with Crippen LogP contribution in [0.4, 0.5) is 0 Å². The van der Waals surface area contributed by atoms with Gasteiger partial charge in [-0.3, -0.25) is 4.79 Å². The van der Waals surface area contributed by atoms with E-state index in [0.717, 1.165) is 11.1 Å². The van der Waals surface area contributed by atoms with Crippen molar-refractivity contribution in [3.05, 3.63) is 59.0 Å². The quantitative estimate of drug-likeness (QED) is 0.878. The van der Waals surface area contributed by atoms with Crippen molar-refractivity contribution in [1.29, 1.82) is 0 Å². The molecule has 20 heavy (non-hydrogen) atoms. The van der Waals surface area contributed by atoms with E-state index in [2.05, 4.69) is 5.32 Å². The molecule has 4 nitrogen and oxygen atoms in total. The van der Waals surface area contributed by atoms with Crippen LogP contribution in [0.3, 0.4) is 0 Å². The number of hydrogen-bond donors (Lipinski definition) is 2. The topological polar surface area (TPSA) is 62.5 Å². The molecule has 0 aliphatic heterocycles. The summed E-state index contributed by atoms with van der Waals surface area (Å²) in [7, 11) is 0. The number of aliphatic hydroxyl groups excluding tert-OH is 1. The summed E-state index contributed by atoms with van der Waals surface area (Å²) < 4.78 is 5.33. The summed E-state index contributed by atoms with van der Waals surface area (Å²) in [4.78, 5) is 11.9. The minimum absolute atomic E-state index is 0.201. The third kappa shape index (κ3) is 3.71. The molecule has 0 saturated carbocycles. The van der Waals surface area contributed by atoms with Gasteiger partial charge < -0.3 is 14.8 Å². The van der Waals surface area contributed by atoms with E-state index in [1.807, 2.05) is 43.3 Å². The van der Waals surface area contributed by atoms with Gasteiger partial charge in [-0.2, -0.15) is 0 Å². The first-order chi connectivity index (χ1) is 9.56. The zero-order valence-corrected chi connectivity index (χ0v) is 11.7. The average Bonchev–Trinajstić information content (AvgIpc) is 2.76. The summed E-state index contributed by atoms with van der Waals surface area (Å²) in [5.74, 6) is 0.731. The fourth-order valence-electron chi connectivity index (χ4n) is 2.12. The second kappa shape index (κ2) is 6.39. The highest BCUT2D eigenvalue weighted by atomic mass is 16.3. The number of aliphatic hydroxyl groups is 1. The number of amides is 1.